The highest BCUT2D eigenvalue weighted by Gasteiger charge is 2.31. The number of hydrogen-bond donors (Lipinski definition) is 0. The van der Waals surface area contributed by atoms with Crippen molar-refractivity contribution in [3.63, 3.8) is 0 Å². The zero-order valence-corrected chi connectivity index (χ0v) is 14.3. The van der Waals surface area contributed by atoms with Gasteiger partial charge in [-0.15, -0.1) is 10.2 Å². The minimum atomic E-state index is -0.206. The highest BCUT2D eigenvalue weighted by atomic mass is 32.2. The van der Waals surface area contributed by atoms with Gasteiger partial charge in [0.2, 0.25) is 0 Å². The third-order valence-electron chi connectivity index (χ3n) is 4.14. The van der Waals surface area contributed by atoms with E-state index < -0.39 is 0 Å². The number of aryl methyl sites for hydroxylation is 1. The maximum atomic E-state index is 13.0. The minimum Gasteiger partial charge on any atom is -0.274 e. The van der Waals surface area contributed by atoms with E-state index in [1.165, 1.54) is 30.5 Å². The van der Waals surface area contributed by atoms with Gasteiger partial charge >= 0.3 is 0 Å². The van der Waals surface area contributed by atoms with Gasteiger partial charge in [-0.2, -0.15) is 0 Å². The largest absolute Gasteiger partial charge is 0.274 e. The van der Waals surface area contributed by atoms with Crippen molar-refractivity contribution < 1.29 is 4.39 Å². The zero-order valence-electron chi connectivity index (χ0n) is 13.4. The molecule has 3 aromatic rings. The molecular formula is C19H18FN3S. The minimum absolute atomic E-state index is 0.206. The highest BCUT2D eigenvalue weighted by molar-refractivity contribution is 7.98. The third kappa shape index (κ3) is 3.22. The molecule has 0 atom stereocenters. The molecular weight excluding hydrogens is 321 g/mol. The first kappa shape index (κ1) is 15.4. The molecule has 1 aromatic heterocycles. The Hall–Kier alpha value is -2.14. The molecule has 0 N–H and O–H groups in total. The van der Waals surface area contributed by atoms with Crippen LogP contribution in [-0.4, -0.2) is 14.8 Å². The van der Waals surface area contributed by atoms with E-state index in [2.05, 4.69) is 46.0 Å². The monoisotopic (exact) mass is 339 g/mol. The molecule has 1 heterocycles. The fraction of sp³-hybridized carbons (Fsp3) is 0.263. The van der Waals surface area contributed by atoms with E-state index >= 15 is 0 Å². The summed E-state index contributed by atoms with van der Waals surface area (Å²) in [4.78, 5) is 0. The van der Waals surface area contributed by atoms with Crippen molar-refractivity contribution in [2.75, 3.05) is 0 Å². The van der Waals surface area contributed by atoms with Gasteiger partial charge in [-0.05, 0) is 55.2 Å². The van der Waals surface area contributed by atoms with Crippen molar-refractivity contribution >= 4 is 11.8 Å². The molecule has 2 aromatic carbocycles. The Morgan fingerprint density at radius 3 is 2.62 bits per heavy atom. The topological polar surface area (TPSA) is 30.7 Å². The molecule has 0 amide bonds. The van der Waals surface area contributed by atoms with E-state index in [4.69, 9.17) is 0 Å². The van der Waals surface area contributed by atoms with Gasteiger partial charge in [-0.1, -0.05) is 36.0 Å². The van der Waals surface area contributed by atoms with Gasteiger partial charge in [0.15, 0.2) is 5.16 Å². The van der Waals surface area contributed by atoms with E-state index in [1.807, 2.05) is 12.1 Å². The predicted octanol–water partition coefficient (Wildman–Crippen LogP) is 4.88. The molecule has 4 rings (SSSR count). The lowest BCUT2D eigenvalue weighted by atomic mass is 10.2. The zero-order chi connectivity index (χ0) is 16.5. The summed E-state index contributed by atoms with van der Waals surface area (Å²) in [7, 11) is 0. The van der Waals surface area contributed by atoms with E-state index in [0.717, 1.165) is 28.0 Å². The molecule has 0 saturated heterocycles. The van der Waals surface area contributed by atoms with Crippen LogP contribution in [0, 0.1) is 12.7 Å². The van der Waals surface area contributed by atoms with Crippen LogP contribution in [0.3, 0.4) is 0 Å². The summed E-state index contributed by atoms with van der Waals surface area (Å²) in [6.45, 7) is 2.09. The fourth-order valence-corrected chi connectivity index (χ4v) is 3.63. The second-order valence-corrected chi connectivity index (χ2v) is 7.15. The Morgan fingerprint density at radius 1 is 1.12 bits per heavy atom. The number of thioether (sulfide) groups is 1. The molecule has 3 nitrogen and oxygen atoms in total. The van der Waals surface area contributed by atoms with Crippen LogP contribution < -0.4 is 0 Å². The summed E-state index contributed by atoms with van der Waals surface area (Å²) in [6.07, 6.45) is 2.37. The summed E-state index contributed by atoms with van der Waals surface area (Å²) in [5.41, 5.74) is 3.41. The van der Waals surface area contributed by atoms with Gasteiger partial charge in [-0.3, -0.25) is 4.57 Å². The van der Waals surface area contributed by atoms with Gasteiger partial charge in [0.05, 0.1) is 0 Å². The summed E-state index contributed by atoms with van der Waals surface area (Å²) in [5, 5.41) is 9.76. The molecule has 24 heavy (non-hydrogen) atoms. The summed E-state index contributed by atoms with van der Waals surface area (Å²) in [6, 6.07) is 15.1. The molecule has 1 aliphatic carbocycles. The summed E-state index contributed by atoms with van der Waals surface area (Å²) >= 11 is 1.64. The molecule has 0 unspecified atom stereocenters. The Morgan fingerprint density at radius 2 is 1.92 bits per heavy atom. The lowest BCUT2D eigenvalue weighted by molar-refractivity contribution is 0.627. The van der Waals surface area contributed by atoms with Crippen molar-refractivity contribution in [1.29, 1.82) is 0 Å². The molecule has 5 heteroatoms. The second-order valence-electron chi connectivity index (χ2n) is 6.20. The number of rotatable bonds is 5. The van der Waals surface area contributed by atoms with Gasteiger partial charge in [0.25, 0.3) is 0 Å². The fourth-order valence-electron chi connectivity index (χ4n) is 2.72. The maximum Gasteiger partial charge on any atom is 0.196 e. The van der Waals surface area contributed by atoms with Crippen LogP contribution >= 0.6 is 11.8 Å². The van der Waals surface area contributed by atoms with Crippen molar-refractivity contribution in [2.24, 2.45) is 0 Å². The molecule has 0 spiro atoms. The van der Waals surface area contributed by atoms with Crippen LogP contribution in [0.1, 0.15) is 35.7 Å². The predicted molar refractivity (Wildman–Crippen MR) is 94.0 cm³/mol. The first-order valence-electron chi connectivity index (χ1n) is 8.10. The number of hydrogen-bond acceptors (Lipinski definition) is 3. The standard InChI is InChI=1S/C19H18FN3S/c1-13-3-2-4-17(11-13)23-18(15-7-8-15)21-22-19(23)24-12-14-5-9-16(20)10-6-14/h2-6,9-11,15H,7-8,12H2,1H3. The molecule has 1 saturated carbocycles. The number of benzene rings is 2. The van der Waals surface area contributed by atoms with E-state index in [1.54, 1.807) is 11.8 Å². The Labute approximate surface area is 144 Å². The number of nitrogens with zero attached hydrogens (tertiary/aromatic N) is 3. The number of aromatic nitrogens is 3. The second kappa shape index (κ2) is 6.40. The van der Waals surface area contributed by atoms with E-state index in [9.17, 15) is 4.39 Å². The van der Waals surface area contributed by atoms with Crippen molar-refractivity contribution in [3.05, 3.63) is 71.3 Å². The van der Waals surface area contributed by atoms with Crippen LogP contribution in [0.15, 0.2) is 53.7 Å². The Balaban J connectivity index is 1.64. The summed E-state index contributed by atoms with van der Waals surface area (Å²) < 4.78 is 15.2. The van der Waals surface area contributed by atoms with Crippen LogP contribution in [0.2, 0.25) is 0 Å². The lowest BCUT2D eigenvalue weighted by Crippen LogP contribution is -2.02. The molecule has 0 aliphatic heterocycles. The van der Waals surface area contributed by atoms with Crippen molar-refractivity contribution in [2.45, 2.75) is 36.6 Å². The maximum absolute atomic E-state index is 13.0. The van der Waals surface area contributed by atoms with Crippen LogP contribution in [0.5, 0.6) is 0 Å². The molecule has 0 radical (unpaired) electrons. The number of halogens is 1. The average Bonchev–Trinajstić information content (AvgIpc) is 3.34. The first-order chi connectivity index (χ1) is 11.7. The van der Waals surface area contributed by atoms with Gasteiger partial charge in [0.1, 0.15) is 11.6 Å². The first-order valence-corrected chi connectivity index (χ1v) is 9.09. The van der Waals surface area contributed by atoms with Crippen LogP contribution in [0.25, 0.3) is 5.69 Å². The Bertz CT molecular complexity index is 853. The SMILES string of the molecule is Cc1cccc(-n2c(SCc3ccc(F)cc3)nnc2C2CC2)c1. The average molecular weight is 339 g/mol. The summed E-state index contributed by atoms with van der Waals surface area (Å²) in [5.74, 6) is 2.12. The normalized spacial score (nSPS) is 14.1. The molecule has 1 aliphatic rings. The molecule has 1 fully saturated rings. The highest BCUT2D eigenvalue weighted by Crippen LogP contribution is 2.41. The molecule has 0 bridgehead atoms. The Kier molecular flexibility index (Phi) is 4.10. The van der Waals surface area contributed by atoms with Gasteiger partial charge in [-0.25, -0.2) is 4.39 Å². The van der Waals surface area contributed by atoms with Crippen molar-refractivity contribution in [1.82, 2.24) is 14.8 Å². The third-order valence-corrected chi connectivity index (χ3v) is 5.14. The van der Waals surface area contributed by atoms with Gasteiger partial charge < -0.3 is 0 Å². The van der Waals surface area contributed by atoms with Crippen molar-refractivity contribution in [3.8, 4) is 5.69 Å². The van der Waals surface area contributed by atoms with Crippen LogP contribution in [-0.2, 0) is 5.75 Å². The molecule has 122 valence electrons. The quantitative estimate of drug-likeness (QED) is 0.620. The van der Waals surface area contributed by atoms with Gasteiger partial charge in [0, 0.05) is 17.4 Å². The lowest BCUT2D eigenvalue weighted by Gasteiger charge is -2.10. The van der Waals surface area contributed by atoms with E-state index in [0.29, 0.717) is 5.92 Å². The van der Waals surface area contributed by atoms with Crippen LogP contribution in [0.4, 0.5) is 4.39 Å². The van der Waals surface area contributed by atoms with E-state index in [-0.39, 0.29) is 5.82 Å². The smallest absolute Gasteiger partial charge is 0.196 e.